The molecule has 3 nitrogen and oxygen atoms in total. The highest BCUT2D eigenvalue weighted by Gasteiger charge is 2.46. The Morgan fingerprint density at radius 2 is 1.88 bits per heavy atom. The van der Waals surface area contributed by atoms with E-state index in [4.69, 9.17) is 9.47 Å². The van der Waals surface area contributed by atoms with Crippen LogP contribution in [0.5, 0.6) is 0 Å². The molecule has 3 heteroatoms. The van der Waals surface area contributed by atoms with Crippen molar-refractivity contribution in [3.05, 3.63) is 25.3 Å². The van der Waals surface area contributed by atoms with Crippen molar-refractivity contribution in [2.24, 2.45) is 11.3 Å². The fraction of sp³-hybridized carbons (Fsp3) is 0.818. The first-order valence-corrected chi connectivity index (χ1v) is 10.2. The monoisotopic (exact) mass is 349 g/mol. The predicted molar refractivity (Wildman–Crippen MR) is 106 cm³/mol. The molecule has 1 aliphatic carbocycles. The van der Waals surface area contributed by atoms with Crippen LogP contribution in [0.3, 0.4) is 0 Å². The zero-order valence-electron chi connectivity index (χ0n) is 16.8. The number of hydrogen-bond donors (Lipinski definition) is 0. The lowest BCUT2D eigenvalue weighted by atomic mass is 9.68. The predicted octanol–water partition coefficient (Wildman–Crippen LogP) is 5.18. The highest BCUT2D eigenvalue weighted by Crippen LogP contribution is 2.47. The Morgan fingerprint density at radius 3 is 2.48 bits per heavy atom. The van der Waals surface area contributed by atoms with Crippen LogP contribution in [0, 0.1) is 11.3 Å². The van der Waals surface area contributed by atoms with Crippen LogP contribution in [0.15, 0.2) is 25.3 Å². The second-order valence-corrected chi connectivity index (χ2v) is 8.53. The molecule has 1 spiro atoms. The Morgan fingerprint density at radius 1 is 1.16 bits per heavy atom. The first kappa shape index (κ1) is 20.7. The molecule has 1 atom stereocenters. The highest BCUT2D eigenvalue weighted by molar-refractivity contribution is 4.90. The van der Waals surface area contributed by atoms with Gasteiger partial charge in [-0.1, -0.05) is 39.3 Å². The largest absolute Gasteiger partial charge is 0.347 e. The zero-order chi connectivity index (χ0) is 18.3. The first-order valence-electron chi connectivity index (χ1n) is 10.2. The number of hydrogen-bond acceptors (Lipinski definition) is 3. The Kier molecular flexibility index (Phi) is 7.72. The molecule has 1 heterocycles. The van der Waals surface area contributed by atoms with Crippen molar-refractivity contribution in [2.45, 2.75) is 77.6 Å². The van der Waals surface area contributed by atoms with E-state index in [1.807, 2.05) is 12.2 Å². The van der Waals surface area contributed by atoms with Gasteiger partial charge in [-0.05, 0) is 37.0 Å². The van der Waals surface area contributed by atoms with Crippen LogP contribution in [0.25, 0.3) is 0 Å². The Hall–Kier alpha value is -0.640. The molecule has 0 aromatic carbocycles. The van der Waals surface area contributed by atoms with Gasteiger partial charge in [-0.15, -0.1) is 13.2 Å². The van der Waals surface area contributed by atoms with Crippen molar-refractivity contribution in [1.82, 2.24) is 4.90 Å². The standard InChI is InChI=1S/C22H39NO2/c1-6-9-16-23(15-7-2)17-12-20-18-24-22(25-20)13-10-19(11-14-22)21(4,5)8-3/h6-7,19-20H,1-2,8-18H2,3-5H3. The molecule has 1 saturated carbocycles. The van der Waals surface area contributed by atoms with Gasteiger partial charge in [-0.2, -0.15) is 0 Å². The fourth-order valence-corrected chi connectivity index (χ4v) is 4.23. The Balaban J connectivity index is 1.77. The van der Waals surface area contributed by atoms with E-state index in [1.54, 1.807) is 0 Å². The summed E-state index contributed by atoms with van der Waals surface area (Å²) < 4.78 is 12.6. The van der Waals surface area contributed by atoms with Crippen molar-refractivity contribution in [2.75, 3.05) is 26.2 Å². The molecule has 25 heavy (non-hydrogen) atoms. The second kappa shape index (κ2) is 9.34. The topological polar surface area (TPSA) is 21.7 Å². The van der Waals surface area contributed by atoms with E-state index in [0.29, 0.717) is 5.41 Å². The maximum absolute atomic E-state index is 6.42. The van der Waals surface area contributed by atoms with Crippen LogP contribution in [0.1, 0.15) is 65.7 Å². The van der Waals surface area contributed by atoms with Crippen molar-refractivity contribution >= 4 is 0 Å². The summed E-state index contributed by atoms with van der Waals surface area (Å²) in [6, 6.07) is 0. The minimum atomic E-state index is -0.282. The Labute approximate surface area is 155 Å². The third-order valence-electron chi connectivity index (χ3n) is 6.48. The van der Waals surface area contributed by atoms with E-state index in [1.165, 1.54) is 19.3 Å². The molecular weight excluding hydrogens is 310 g/mol. The number of nitrogens with zero attached hydrogens (tertiary/aromatic N) is 1. The summed E-state index contributed by atoms with van der Waals surface area (Å²) in [5.41, 5.74) is 0.440. The second-order valence-electron chi connectivity index (χ2n) is 8.53. The minimum absolute atomic E-state index is 0.242. The average Bonchev–Trinajstić information content (AvgIpc) is 3.00. The van der Waals surface area contributed by atoms with Gasteiger partial charge in [0, 0.05) is 32.5 Å². The molecule has 144 valence electrons. The lowest BCUT2D eigenvalue weighted by Crippen LogP contribution is -2.39. The number of rotatable bonds is 10. The molecule has 2 rings (SSSR count). The normalized spacial score (nSPS) is 30.1. The van der Waals surface area contributed by atoms with E-state index < -0.39 is 0 Å². The van der Waals surface area contributed by atoms with E-state index in [-0.39, 0.29) is 11.9 Å². The van der Waals surface area contributed by atoms with Crippen LogP contribution in [0.2, 0.25) is 0 Å². The molecule has 0 N–H and O–H groups in total. The van der Waals surface area contributed by atoms with Gasteiger partial charge in [0.05, 0.1) is 12.7 Å². The van der Waals surface area contributed by atoms with E-state index in [2.05, 4.69) is 38.8 Å². The van der Waals surface area contributed by atoms with Gasteiger partial charge < -0.3 is 9.47 Å². The van der Waals surface area contributed by atoms with Gasteiger partial charge in [-0.25, -0.2) is 0 Å². The molecule has 0 aromatic heterocycles. The summed E-state index contributed by atoms with van der Waals surface area (Å²) in [5, 5.41) is 0. The summed E-state index contributed by atoms with van der Waals surface area (Å²) >= 11 is 0. The van der Waals surface area contributed by atoms with Crippen molar-refractivity contribution < 1.29 is 9.47 Å². The fourth-order valence-electron chi connectivity index (χ4n) is 4.23. The SMILES string of the molecule is C=CCCN(CC=C)CCC1COC2(CCC(C(C)(C)CC)CC2)O1. The molecule has 2 fully saturated rings. The van der Waals surface area contributed by atoms with Crippen LogP contribution in [-0.4, -0.2) is 43.0 Å². The lowest BCUT2D eigenvalue weighted by Gasteiger charge is -2.42. The minimum Gasteiger partial charge on any atom is -0.347 e. The third kappa shape index (κ3) is 5.67. The van der Waals surface area contributed by atoms with Crippen LogP contribution in [0.4, 0.5) is 0 Å². The van der Waals surface area contributed by atoms with E-state index in [9.17, 15) is 0 Å². The summed E-state index contributed by atoms with van der Waals surface area (Å²) in [6.07, 6.45) is 12.1. The molecule has 0 bridgehead atoms. The summed E-state index contributed by atoms with van der Waals surface area (Å²) in [6.45, 7) is 18.6. The summed E-state index contributed by atoms with van der Waals surface area (Å²) in [4.78, 5) is 2.42. The van der Waals surface area contributed by atoms with Gasteiger partial charge in [0.1, 0.15) is 0 Å². The lowest BCUT2D eigenvalue weighted by molar-refractivity contribution is -0.197. The van der Waals surface area contributed by atoms with Gasteiger partial charge >= 0.3 is 0 Å². The van der Waals surface area contributed by atoms with Gasteiger partial charge in [0.2, 0.25) is 0 Å². The Bertz CT molecular complexity index is 424. The molecular formula is C22H39NO2. The van der Waals surface area contributed by atoms with Crippen LogP contribution in [-0.2, 0) is 9.47 Å². The van der Waals surface area contributed by atoms with Crippen molar-refractivity contribution in [3.8, 4) is 0 Å². The molecule has 1 aliphatic heterocycles. The molecule has 0 amide bonds. The third-order valence-corrected chi connectivity index (χ3v) is 6.48. The maximum atomic E-state index is 6.42. The van der Waals surface area contributed by atoms with Crippen molar-refractivity contribution in [3.63, 3.8) is 0 Å². The number of ether oxygens (including phenoxy) is 2. The van der Waals surface area contributed by atoms with Crippen LogP contribution < -0.4 is 0 Å². The summed E-state index contributed by atoms with van der Waals surface area (Å²) in [5.74, 6) is 0.520. The van der Waals surface area contributed by atoms with E-state index >= 15 is 0 Å². The molecule has 2 aliphatic rings. The van der Waals surface area contributed by atoms with Gasteiger partial charge in [0.15, 0.2) is 5.79 Å². The maximum Gasteiger partial charge on any atom is 0.168 e. The van der Waals surface area contributed by atoms with E-state index in [0.717, 1.165) is 57.8 Å². The smallest absolute Gasteiger partial charge is 0.168 e. The van der Waals surface area contributed by atoms with Crippen LogP contribution >= 0.6 is 0 Å². The van der Waals surface area contributed by atoms with Gasteiger partial charge in [-0.3, -0.25) is 4.90 Å². The molecule has 1 saturated heterocycles. The molecule has 0 aromatic rings. The highest BCUT2D eigenvalue weighted by atomic mass is 16.7. The molecule has 1 unspecified atom stereocenters. The molecule has 0 radical (unpaired) electrons. The van der Waals surface area contributed by atoms with Crippen molar-refractivity contribution in [1.29, 1.82) is 0 Å². The first-order chi connectivity index (χ1) is 11.9. The average molecular weight is 350 g/mol. The van der Waals surface area contributed by atoms with Gasteiger partial charge in [0.25, 0.3) is 0 Å². The summed E-state index contributed by atoms with van der Waals surface area (Å²) in [7, 11) is 0. The zero-order valence-corrected chi connectivity index (χ0v) is 16.8. The quantitative estimate of drug-likeness (QED) is 0.507.